The van der Waals surface area contributed by atoms with Gasteiger partial charge in [0, 0.05) is 38.5 Å². The maximum absolute atomic E-state index is 5.65. The number of nitrogens with one attached hydrogen (secondary N) is 1. The smallest absolute Gasteiger partial charge is 0.0846 e. The third-order valence-electron chi connectivity index (χ3n) is 2.91. The molecule has 0 aliphatic heterocycles. The summed E-state index contributed by atoms with van der Waals surface area (Å²) in [5.41, 5.74) is 5.92. The first kappa shape index (κ1) is 12.7. The second-order valence-electron chi connectivity index (χ2n) is 4.37. The monoisotopic (exact) mass is 249 g/mol. The minimum atomic E-state index is 0.00495. The Bertz CT molecular complexity index is 513. The Labute approximate surface area is 106 Å². The van der Waals surface area contributed by atoms with Crippen molar-refractivity contribution >= 4 is 0 Å². The Morgan fingerprint density at radius 1 is 1.33 bits per heavy atom. The summed E-state index contributed by atoms with van der Waals surface area (Å²) in [6, 6.07) is 0.00495. The van der Waals surface area contributed by atoms with E-state index in [2.05, 4.69) is 27.8 Å². The fourth-order valence-electron chi connectivity index (χ4n) is 2.08. The van der Waals surface area contributed by atoms with E-state index in [1.807, 2.05) is 31.2 Å². The number of aryl methyl sites for hydroxylation is 3. The van der Waals surface area contributed by atoms with Crippen LogP contribution in [0.25, 0.3) is 0 Å². The molecule has 0 aliphatic rings. The van der Waals surface area contributed by atoms with Gasteiger partial charge in [0.15, 0.2) is 0 Å². The van der Waals surface area contributed by atoms with E-state index < -0.39 is 0 Å². The van der Waals surface area contributed by atoms with Gasteiger partial charge in [-0.25, -0.2) is 0 Å². The zero-order chi connectivity index (χ0) is 13.1. The third-order valence-corrected chi connectivity index (χ3v) is 2.91. The van der Waals surface area contributed by atoms with Crippen LogP contribution in [0.4, 0.5) is 0 Å². The van der Waals surface area contributed by atoms with Gasteiger partial charge in [-0.15, -0.1) is 5.10 Å². The molecule has 7 heteroatoms. The van der Waals surface area contributed by atoms with Crippen LogP contribution in [0.2, 0.25) is 0 Å². The first-order chi connectivity index (χ1) is 8.63. The second-order valence-corrected chi connectivity index (χ2v) is 4.37. The molecule has 0 aromatic carbocycles. The lowest BCUT2D eigenvalue weighted by atomic mass is 10.0. The summed E-state index contributed by atoms with van der Waals surface area (Å²) in [6.45, 7) is 2.09. The fourth-order valence-corrected chi connectivity index (χ4v) is 2.08. The number of rotatable bonds is 5. The Kier molecular flexibility index (Phi) is 3.73. The van der Waals surface area contributed by atoms with Crippen LogP contribution in [0.3, 0.4) is 0 Å². The second kappa shape index (κ2) is 5.28. The van der Waals surface area contributed by atoms with E-state index in [4.69, 9.17) is 5.84 Å². The lowest BCUT2D eigenvalue weighted by molar-refractivity contribution is 0.541. The molecule has 2 aromatic rings. The highest BCUT2D eigenvalue weighted by atomic mass is 15.4. The topological polar surface area (TPSA) is 86.6 Å². The number of hydrazine groups is 1. The molecule has 2 aromatic heterocycles. The quantitative estimate of drug-likeness (QED) is 0.569. The van der Waals surface area contributed by atoms with Gasteiger partial charge < -0.3 is 0 Å². The summed E-state index contributed by atoms with van der Waals surface area (Å²) < 4.78 is 3.50. The third kappa shape index (κ3) is 2.57. The summed E-state index contributed by atoms with van der Waals surface area (Å²) in [7, 11) is 3.77. The van der Waals surface area contributed by atoms with Crippen LogP contribution in [0, 0.1) is 0 Å². The highest BCUT2D eigenvalue weighted by molar-refractivity contribution is 5.22. The molecule has 0 amide bonds. The van der Waals surface area contributed by atoms with E-state index >= 15 is 0 Å². The predicted molar refractivity (Wildman–Crippen MR) is 67.4 cm³/mol. The Morgan fingerprint density at radius 2 is 2.11 bits per heavy atom. The predicted octanol–water partition coefficient (Wildman–Crippen LogP) is -0.142. The lowest BCUT2D eigenvalue weighted by Crippen LogP contribution is -2.30. The Balaban J connectivity index is 2.22. The Morgan fingerprint density at radius 3 is 2.67 bits per heavy atom. The number of nitrogens with zero attached hydrogens (tertiary/aromatic N) is 5. The van der Waals surface area contributed by atoms with E-state index in [1.165, 1.54) is 0 Å². The standard InChI is InChI=1S/C11H19N7/c1-4-10-9(7-17(2)15-10)11(13-12)5-8-6-18(3)16-14-8/h6-7,11,13H,4-5,12H2,1-3H3. The van der Waals surface area contributed by atoms with Crippen LogP contribution >= 0.6 is 0 Å². The van der Waals surface area contributed by atoms with Crippen molar-refractivity contribution in [3.63, 3.8) is 0 Å². The van der Waals surface area contributed by atoms with E-state index in [0.29, 0.717) is 6.42 Å². The number of aromatic nitrogens is 5. The lowest BCUT2D eigenvalue weighted by Gasteiger charge is -2.13. The normalized spacial score (nSPS) is 12.9. The highest BCUT2D eigenvalue weighted by Crippen LogP contribution is 2.20. The van der Waals surface area contributed by atoms with Crippen LogP contribution in [-0.4, -0.2) is 24.8 Å². The molecule has 0 saturated carbocycles. The van der Waals surface area contributed by atoms with Crippen LogP contribution in [0.15, 0.2) is 12.4 Å². The number of hydrogen-bond donors (Lipinski definition) is 2. The molecule has 1 atom stereocenters. The molecule has 0 spiro atoms. The highest BCUT2D eigenvalue weighted by Gasteiger charge is 2.18. The van der Waals surface area contributed by atoms with Gasteiger partial charge in [-0.3, -0.25) is 20.6 Å². The first-order valence-corrected chi connectivity index (χ1v) is 5.97. The largest absolute Gasteiger partial charge is 0.275 e. The van der Waals surface area contributed by atoms with Crippen LogP contribution in [0.5, 0.6) is 0 Å². The van der Waals surface area contributed by atoms with Gasteiger partial charge in [-0.05, 0) is 6.42 Å². The summed E-state index contributed by atoms with van der Waals surface area (Å²) >= 11 is 0. The van der Waals surface area contributed by atoms with Crippen molar-refractivity contribution in [3.05, 3.63) is 29.3 Å². The van der Waals surface area contributed by atoms with Crippen molar-refractivity contribution in [1.82, 2.24) is 30.2 Å². The van der Waals surface area contributed by atoms with Gasteiger partial charge in [0.25, 0.3) is 0 Å². The van der Waals surface area contributed by atoms with Crippen molar-refractivity contribution < 1.29 is 0 Å². The molecule has 2 heterocycles. The van der Waals surface area contributed by atoms with E-state index in [0.717, 1.165) is 23.4 Å². The fraction of sp³-hybridized carbons (Fsp3) is 0.545. The Hall–Kier alpha value is -1.73. The maximum Gasteiger partial charge on any atom is 0.0846 e. The number of nitrogens with two attached hydrogens (primary N) is 1. The SMILES string of the molecule is CCc1nn(C)cc1C(Cc1cn(C)nn1)NN. The van der Waals surface area contributed by atoms with Gasteiger partial charge in [0.1, 0.15) is 0 Å². The molecule has 0 radical (unpaired) electrons. The maximum atomic E-state index is 5.65. The van der Waals surface area contributed by atoms with Crippen molar-refractivity contribution in [2.75, 3.05) is 0 Å². The van der Waals surface area contributed by atoms with Gasteiger partial charge in [0.05, 0.1) is 17.4 Å². The van der Waals surface area contributed by atoms with E-state index in [1.54, 1.807) is 4.68 Å². The number of hydrogen-bond acceptors (Lipinski definition) is 5. The molecule has 7 nitrogen and oxygen atoms in total. The van der Waals surface area contributed by atoms with Crippen molar-refractivity contribution in [2.45, 2.75) is 25.8 Å². The van der Waals surface area contributed by atoms with Gasteiger partial charge in [0.2, 0.25) is 0 Å². The average Bonchev–Trinajstić information content (AvgIpc) is 2.92. The molecular formula is C11H19N7. The summed E-state index contributed by atoms with van der Waals surface area (Å²) in [5.74, 6) is 5.65. The average molecular weight is 249 g/mol. The molecule has 0 aliphatic carbocycles. The van der Waals surface area contributed by atoms with Crippen LogP contribution < -0.4 is 11.3 Å². The molecule has 98 valence electrons. The van der Waals surface area contributed by atoms with Gasteiger partial charge in [-0.2, -0.15) is 5.10 Å². The van der Waals surface area contributed by atoms with Gasteiger partial charge >= 0.3 is 0 Å². The van der Waals surface area contributed by atoms with Crippen LogP contribution in [-0.2, 0) is 26.9 Å². The molecule has 0 saturated heterocycles. The minimum Gasteiger partial charge on any atom is -0.275 e. The first-order valence-electron chi connectivity index (χ1n) is 5.97. The molecule has 2 rings (SSSR count). The van der Waals surface area contributed by atoms with Crippen molar-refractivity contribution in [2.24, 2.45) is 19.9 Å². The molecule has 1 unspecified atom stereocenters. The summed E-state index contributed by atoms with van der Waals surface area (Å²) in [6.07, 6.45) is 5.48. The molecule has 18 heavy (non-hydrogen) atoms. The molecule has 3 N–H and O–H groups in total. The molecular weight excluding hydrogens is 230 g/mol. The van der Waals surface area contributed by atoms with Crippen molar-refractivity contribution in [3.8, 4) is 0 Å². The van der Waals surface area contributed by atoms with Crippen molar-refractivity contribution in [1.29, 1.82) is 0 Å². The summed E-state index contributed by atoms with van der Waals surface area (Å²) in [5, 5.41) is 12.4. The zero-order valence-electron chi connectivity index (χ0n) is 11.0. The van der Waals surface area contributed by atoms with Gasteiger partial charge in [-0.1, -0.05) is 12.1 Å². The van der Waals surface area contributed by atoms with E-state index in [9.17, 15) is 0 Å². The zero-order valence-corrected chi connectivity index (χ0v) is 11.0. The van der Waals surface area contributed by atoms with Crippen LogP contribution in [0.1, 0.15) is 29.9 Å². The molecule has 0 bridgehead atoms. The summed E-state index contributed by atoms with van der Waals surface area (Å²) in [4.78, 5) is 0. The minimum absolute atomic E-state index is 0.00495. The molecule has 0 fully saturated rings. The van der Waals surface area contributed by atoms with E-state index in [-0.39, 0.29) is 6.04 Å².